The first-order valence-electron chi connectivity index (χ1n) is 8.77. The van der Waals surface area contributed by atoms with E-state index in [4.69, 9.17) is 0 Å². The predicted octanol–water partition coefficient (Wildman–Crippen LogP) is 3.23. The summed E-state index contributed by atoms with van der Waals surface area (Å²) in [5, 5.41) is 4.40. The van der Waals surface area contributed by atoms with Crippen LogP contribution in [0.1, 0.15) is 40.5 Å². The largest absolute Gasteiger partial charge is 0.324 e. The standard InChI is InChI=1S/C18H29N5/c1-5-22-12-16(10-20-22)17-11-19-14-23(17)18(3,4)13-21-8-6-15(2)7-9-21/h10-12,14-15H,5-9,13H2,1-4H3. The molecule has 0 amide bonds. The quantitative estimate of drug-likeness (QED) is 0.850. The molecule has 1 aliphatic heterocycles. The van der Waals surface area contributed by atoms with Crippen molar-refractivity contribution in [3.8, 4) is 11.3 Å². The maximum absolute atomic E-state index is 4.41. The fourth-order valence-corrected chi connectivity index (χ4v) is 3.50. The molecule has 1 aliphatic rings. The van der Waals surface area contributed by atoms with E-state index in [2.05, 4.69) is 53.4 Å². The summed E-state index contributed by atoms with van der Waals surface area (Å²) in [4.78, 5) is 7.01. The zero-order valence-electron chi connectivity index (χ0n) is 14.9. The van der Waals surface area contributed by atoms with Crippen LogP contribution in [0.4, 0.5) is 0 Å². The number of imidazole rings is 1. The van der Waals surface area contributed by atoms with Gasteiger partial charge in [0.15, 0.2) is 0 Å². The van der Waals surface area contributed by atoms with Gasteiger partial charge in [0, 0.05) is 24.8 Å². The minimum absolute atomic E-state index is 0.0146. The molecule has 3 heterocycles. The lowest BCUT2D eigenvalue weighted by atomic mass is 9.96. The second-order valence-electron chi connectivity index (χ2n) is 7.50. The van der Waals surface area contributed by atoms with Gasteiger partial charge in [0.05, 0.1) is 30.0 Å². The van der Waals surface area contributed by atoms with Crippen LogP contribution in [0.5, 0.6) is 0 Å². The van der Waals surface area contributed by atoms with Gasteiger partial charge in [0.25, 0.3) is 0 Å². The lowest BCUT2D eigenvalue weighted by Crippen LogP contribution is -2.44. The summed E-state index contributed by atoms with van der Waals surface area (Å²) >= 11 is 0. The SMILES string of the molecule is CCn1cc(-c2cncn2C(C)(C)CN2CCC(C)CC2)cn1. The van der Waals surface area contributed by atoms with Crippen LogP contribution >= 0.6 is 0 Å². The molecule has 5 heteroatoms. The van der Waals surface area contributed by atoms with Crippen LogP contribution in [0.15, 0.2) is 24.9 Å². The topological polar surface area (TPSA) is 38.9 Å². The average Bonchev–Trinajstić information content (AvgIpc) is 3.17. The Kier molecular flexibility index (Phi) is 4.57. The van der Waals surface area contributed by atoms with Crippen LogP contribution in [0.3, 0.4) is 0 Å². The second kappa shape index (κ2) is 6.48. The fraction of sp³-hybridized carbons (Fsp3) is 0.667. The van der Waals surface area contributed by atoms with E-state index in [9.17, 15) is 0 Å². The molecular formula is C18H29N5. The number of aromatic nitrogens is 4. The molecular weight excluding hydrogens is 286 g/mol. The van der Waals surface area contributed by atoms with Crippen molar-refractivity contribution in [1.29, 1.82) is 0 Å². The van der Waals surface area contributed by atoms with Crippen molar-refractivity contribution in [2.75, 3.05) is 19.6 Å². The molecule has 1 fully saturated rings. The molecule has 1 saturated heterocycles. The van der Waals surface area contributed by atoms with E-state index in [0.717, 1.165) is 30.3 Å². The maximum Gasteiger partial charge on any atom is 0.0956 e. The summed E-state index contributed by atoms with van der Waals surface area (Å²) < 4.78 is 4.27. The van der Waals surface area contributed by atoms with Gasteiger partial charge >= 0.3 is 0 Å². The Labute approximate surface area is 139 Å². The van der Waals surface area contributed by atoms with Crippen LogP contribution < -0.4 is 0 Å². The summed E-state index contributed by atoms with van der Waals surface area (Å²) in [5.74, 6) is 0.873. The molecule has 0 aliphatic carbocycles. The summed E-state index contributed by atoms with van der Waals surface area (Å²) in [6.45, 7) is 13.5. The highest BCUT2D eigenvalue weighted by Gasteiger charge is 2.28. The third-order valence-electron chi connectivity index (χ3n) is 5.03. The lowest BCUT2D eigenvalue weighted by molar-refractivity contribution is 0.136. The summed E-state index contributed by atoms with van der Waals surface area (Å²) in [5.41, 5.74) is 2.31. The van der Waals surface area contributed by atoms with Crippen LogP contribution in [-0.2, 0) is 12.1 Å². The Morgan fingerprint density at radius 1 is 1.22 bits per heavy atom. The van der Waals surface area contributed by atoms with Gasteiger partial charge in [0.1, 0.15) is 0 Å². The van der Waals surface area contributed by atoms with Gasteiger partial charge < -0.3 is 9.47 Å². The Morgan fingerprint density at radius 2 is 1.96 bits per heavy atom. The van der Waals surface area contributed by atoms with Crippen molar-refractivity contribution < 1.29 is 0 Å². The number of aryl methyl sites for hydroxylation is 1. The van der Waals surface area contributed by atoms with Gasteiger partial charge in [-0.25, -0.2) is 4.98 Å². The van der Waals surface area contributed by atoms with Crippen LogP contribution in [0, 0.1) is 5.92 Å². The molecule has 0 atom stereocenters. The third kappa shape index (κ3) is 3.50. The van der Waals surface area contributed by atoms with E-state index in [0.29, 0.717) is 0 Å². The highest BCUT2D eigenvalue weighted by atomic mass is 15.3. The number of likely N-dealkylation sites (tertiary alicyclic amines) is 1. The maximum atomic E-state index is 4.41. The van der Waals surface area contributed by atoms with E-state index >= 15 is 0 Å². The Bertz CT molecular complexity index is 631. The molecule has 23 heavy (non-hydrogen) atoms. The van der Waals surface area contributed by atoms with Gasteiger partial charge in [-0.1, -0.05) is 6.92 Å². The number of rotatable bonds is 5. The highest BCUT2D eigenvalue weighted by Crippen LogP contribution is 2.28. The van der Waals surface area contributed by atoms with Crippen molar-refractivity contribution in [2.24, 2.45) is 5.92 Å². The average molecular weight is 315 g/mol. The first-order valence-corrected chi connectivity index (χ1v) is 8.77. The monoisotopic (exact) mass is 315 g/mol. The first kappa shape index (κ1) is 16.2. The second-order valence-corrected chi connectivity index (χ2v) is 7.50. The van der Waals surface area contributed by atoms with Crippen LogP contribution in [0.2, 0.25) is 0 Å². The van der Waals surface area contributed by atoms with Gasteiger partial charge in [-0.2, -0.15) is 5.10 Å². The minimum Gasteiger partial charge on any atom is -0.324 e. The highest BCUT2D eigenvalue weighted by molar-refractivity contribution is 5.57. The number of hydrogen-bond acceptors (Lipinski definition) is 3. The number of piperidine rings is 1. The molecule has 2 aromatic heterocycles. The fourth-order valence-electron chi connectivity index (χ4n) is 3.50. The van der Waals surface area contributed by atoms with Gasteiger partial charge in [-0.05, 0) is 52.6 Å². The Hall–Kier alpha value is -1.62. The molecule has 0 N–H and O–H groups in total. The molecule has 5 nitrogen and oxygen atoms in total. The lowest BCUT2D eigenvalue weighted by Gasteiger charge is -2.38. The van der Waals surface area contributed by atoms with Gasteiger partial charge in [-0.3, -0.25) is 4.68 Å². The summed E-state index contributed by atoms with van der Waals surface area (Å²) in [6, 6.07) is 0. The number of hydrogen-bond donors (Lipinski definition) is 0. The number of nitrogens with zero attached hydrogens (tertiary/aromatic N) is 5. The van der Waals surface area contributed by atoms with Gasteiger partial charge in [-0.15, -0.1) is 0 Å². The molecule has 0 radical (unpaired) electrons. The van der Waals surface area contributed by atoms with E-state index in [-0.39, 0.29) is 5.54 Å². The zero-order valence-corrected chi connectivity index (χ0v) is 14.9. The van der Waals surface area contributed by atoms with E-state index < -0.39 is 0 Å². The molecule has 0 aromatic carbocycles. The van der Waals surface area contributed by atoms with Crippen molar-refractivity contribution in [1.82, 2.24) is 24.2 Å². The summed E-state index contributed by atoms with van der Waals surface area (Å²) in [6.07, 6.45) is 10.6. The molecule has 0 bridgehead atoms. The first-order chi connectivity index (χ1) is 11.0. The smallest absolute Gasteiger partial charge is 0.0956 e. The van der Waals surface area contributed by atoms with Gasteiger partial charge in [0.2, 0.25) is 0 Å². The van der Waals surface area contributed by atoms with Crippen molar-refractivity contribution in [2.45, 2.75) is 52.6 Å². The van der Waals surface area contributed by atoms with Crippen molar-refractivity contribution in [3.63, 3.8) is 0 Å². The molecule has 126 valence electrons. The van der Waals surface area contributed by atoms with Crippen molar-refractivity contribution >= 4 is 0 Å². The molecule has 0 unspecified atom stereocenters. The van der Waals surface area contributed by atoms with E-state index in [1.807, 2.05) is 23.4 Å². The molecule has 3 rings (SSSR count). The van der Waals surface area contributed by atoms with E-state index in [1.165, 1.54) is 25.9 Å². The third-order valence-corrected chi connectivity index (χ3v) is 5.03. The molecule has 0 saturated carbocycles. The summed E-state index contributed by atoms with van der Waals surface area (Å²) in [7, 11) is 0. The Morgan fingerprint density at radius 3 is 2.61 bits per heavy atom. The van der Waals surface area contributed by atoms with Crippen LogP contribution in [-0.4, -0.2) is 43.9 Å². The Balaban J connectivity index is 1.79. The molecule has 2 aromatic rings. The zero-order chi connectivity index (χ0) is 16.4. The normalized spacial score (nSPS) is 17.7. The van der Waals surface area contributed by atoms with Crippen molar-refractivity contribution in [3.05, 3.63) is 24.9 Å². The van der Waals surface area contributed by atoms with E-state index in [1.54, 1.807) is 0 Å². The predicted molar refractivity (Wildman–Crippen MR) is 93.3 cm³/mol. The minimum atomic E-state index is 0.0146. The molecule has 0 spiro atoms. The van der Waals surface area contributed by atoms with Crippen LogP contribution in [0.25, 0.3) is 11.3 Å².